The fourth-order valence-corrected chi connectivity index (χ4v) is 0.393. The van der Waals surface area contributed by atoms with E-state index >= 15 is 0 Å². The number of hydrogen-bond acceptors (Lipinski definition) is 2. The molecule has 0 radical (unpaired) electrons. The Balaban J connectivity index is 3.56. The van der Waals surface area contributed by atoms with Crippen molar-refractivity contribution in [1.82, 2.24) is 0 Å². The zero-order valence-corrected chi connectivity index (χ0v) is 6.76. The summed E-state index contributed by atoms with van der Waals surface area (Å²) >= 11 is 0. The molecule has 0 N–H and O–H groups in total. The first-order chi connectivity index (χ1) is 4.62. The lowest BCUT2D eigenvalue weighted by Crippen LogP contribution is -2.19. The highest BCUT2D eigenvalue weighted by molar-refractivity contribution is 5.57. The lowest BCUT2D eigenvalue weighted by Gasteiger charge is -2.14. The third-order valence-electron chi connectivity index (χ3n) is 1.01. The molecular weight excluding hydrogens is 128 g/mol. The van der Waals surface area contributed by atoms with E-state index in [2.05, 4.69) is 0 Å². The van der Waals surface area contributed by atoms with Gasteiger partial charge >= 0.3 is 0 Å². The predicted molar refractivity (Wildman–Crippen MR) is 40.6 cm³/mol. The van der Waals surface area contributed by atoms with Crippen LogP contribution in [0.15, 0.2) is 12.3 Å². The molecule has 0 atom stereocenters. The van der Waals surface area contributed by atoms with Crippen molar-refractivity contribution >= 4 is 6.29 Å². The molecule has 0 bridgehead atoms. The molecule has 2 heteroatoms. The summed E-state index contributed by atoms with van der Waals surface area (Å²) in [7, 11) is 0. The van der Waals surface area contributed by atoms with Crippen molar-refractivity contribution in [3.63, 3.8) is 0 Å². The summed E-state index contributed by atoms with van der Waals surface area (Å²) in [5.41, 5.74) is -0.362. The third-order valence-corrected chi connectivity index (χ3v) is 1.01. The highest BCUT2D eigenvalue weighted by Gasteiger charge is 2.15. The van der Waals surface area contributed by atoms with Gasteiger partial charge in [0.25, 0.3) is 0 Å². The molecule has 58 valence electrons. The first-order valence-corrected chi connectivity index (χ1v) is 3.31. The minimum Gasteiger partial charge on any atom is -0.501 e. The molecule has 0 aromatic heterocycles. The lowest BCUT2D eigenvalue weighted by molar-refractivity contribution is -0.116. The Bertz CT molecular complexity index is 125. The van der Waals surface area contributed by atoms with Crippen molar-refractivity contribution in [3.8, 4) is 0 Å². The Morgan fingerprint density at radius 3 is 2.50 bits per heavy atom. The molecule has 0 aliphatic carbocycles. The number of carbonyl (C=O) groups is 1. The maximum Gasteiger partial charge on any atom is 0.128 e. The van der Waals surface area contributed by atoms with Gasteiger partial charge in [-0.2, -0.15) is 0 Å². The van der Waals surface area contributed by atoms with Crippen LogP contribution in [-0.2, 0) is 9.53 Å². The summed E-state index contributed by atoms with van der Waals surface area (Å²) in [5, 5.41) is 0. The summed E-state index contributed by atoms with van der Waals surface area (Å²) in [6.07, 6.45) is 4.28. The van der Waals surface area contributed by atoms with Gasteiger partial charge in [0.15, 0.2) is 0 Å². The fourth-order valence-electron chi connectivity index (χ4n) is 0.393. The number of aldehydes is 1. The second-order valence-electron chi connectivity index (χ2n) is 2.89. The maximum absolute atomic E-state index is 10.3. The second kappa shape index (κ2) is 4.09. The quantitative estimate of drug-likeness (QED) is 0.441. The smallest absolute Gasteiger partial charge is 0.128 e. The average Bonchev–Trinajstić information content (AvgIpc) is 1.89. The van der Waals surface area contributed by atoms with Gasteiger partial charge in [0.05, 0.1) is 18.3 Å². The molecule has 0 aliphatic rings. The Kier molecular flexibility index (Phi) is 3.77. The van der Waals surface area contributed by atoms with Gasteiger partial charge < -0.3 is 9.53 Å². The van der Waals surface area contributed by atoms with Gasteiger partial charge in [0, 0.05) is 0 Å². The molecule has 0 amide bonds. The van der Waals surface area contributed by atoms with Crippen LogP contribution in [0.1, 0.15) is 20.8 Å². The Hall–Kier alpha value is -0.790. The lowest BCUT2D eigenvalue weighted by atomic mass is 9.98. The van der Waals surface area contributed by atoms with Gasteiger partial charge in [-0.25, -0.2) is 0 Å². The zero-order valence-electron chi connectivity index (χ0n) is 6.76. The molecule has 0 aromatic carbocycles. The van der Waals surface area contributed by atoms with Crippen LogP contribution in [0, 0.1) is 5.41 Å². The van der Waals surface area contributed by atoms with Crippen molar-refractivity contribution in [2.45, 2.75) is 20.8 Å². The van der Waals surface area contributed by atoms with Crippen LogP contribution in [0.3, 0.4) is 0 Å². The van der Waals surface area contributed by atoms with Gasteiger partial charge in [0.2, 0.25) is 0 Å². The van der Waals surface area contributed by atoms with E-state index < -0.39 is 0 Å². The van der Waals surface area contributed by atoms with Crippen molar-refractivity contribution in [1.29, 1.82) is 0 Å². The second-order valence-corrected chi connectivity index (χ2v) is 2.89. The Morgan fingerprint density at radius 1 is 1.50 bits per heavy atom. The standard InChI is InChI=1S/C8H14O2/c1-4-5-10-7-8(2,3)6-9/h4-6H,7H2,1-3H3/b5-4+. The molecule has 10 heavy (non-hydrogen) atoms. The van der Waals surface area contributed by atoms with Crippen LogP contribution >= 0.6 is 0 Å². The molecule has 0 spiro atoms. The molecule has 0 unspecified atom stereocenters. The molecule has 0 aliphatic heterocycles. The van der Waals surface area contributed by atoms with E-state index in [0.717, 1.165) is 6.29 Å². The van der Waals surface area contributed by atoms with E-state index in [1.807, 2.05) is 20.8 Å². The van der Waals surface area contributed by atoms with Crippen LogP contribution in [0.4, 0.5) is 0 Å². The van der Waals surface area contributed by atoms with Crippen LogP contribution in [-0.4, -0.2) is 12.9 Å². The maximum atomic E-state index is 10.3. The van der Waals surface area contributed by atoms with E-state index in [1.54, 1.807) is 12.3 Å². The number of ether oxygens (including phenoxy) is 1. The van der Waals surface area contributed by atoms with Gasteiger partial charge in [-0.1, -0.05) is 6.08 Å². The Labute approximate surface area is 61.9 Å². The summed E-state index contributed by atoms with van der Waals surface area (Å²) in [5.74, 6) is 0. The first-order valence-electron chi connectivity index (χ1n) is 3.31. The van der Waals surface area contributed by atoms with Crippen LogP contribution in [0.5, 0.6) is 0 Å². The minimum absolute atomic E-state index is 0.362. The van der Waals surface area contributed by atoms with Crippen molar-refractivity contribution < 1.29 is 9.53 Å². The SMILES string of the molecule is C/C=C/OCC(C)(C)C=O. The van der Waals surface area contributed by atoms with Crippen molar-refractivity contribution in [3.05, 3.63) is 12.3 Å². The number of rotatable bonds is 4. The molecule has 0 heterocycles. The van der Waals surface area contributed by atoms with Crippen LogP contribution in [0.2, 0.25) is 0 Å². The van der Waals surface area contributed by atoms with E-state index in [9.17, 15) is 4.79 Å². The fraction of sp³-hybridized carbons (Fsp3) is 0.625. The first kappa shape index (κ1) is 9.21. The number of carbonyl (C=O) groups excluding carboxylic acids is 1. The molecule has 0 saturated carbocycles. The Morgan fingerprint density at radius 2 is 2.10 bits per heavy atom. The molecule has 0 fully saturated rings. The van der Waals surface area contributed by atoms with Gasteiger partial charge in [0.1, 0.15) is 6.29 Å². The number of hydrogen-bond donors (Lipinski definition) is 0. The molecule has 0 aromatic rings. The normalized spacial score (nSPS) is 11.9. The molecule has 0 rings (SSSR count). The van der Waals surface area contributed by atoms with Crippen LogP contribution < -0.4 is 0 Å². The van der Waals surface area contributed by atoms with Crippen LogP contribution in [0.25, 0.3) is 0 Å². The zero-order chi connectivity index (χ0) is 8.04. The highest BCUT2D eigenvalue weighted by Crippen LogP contribution is 2.10. The summed E-state index contributed by atoms with van der Waals surface area (Å²) < 4.78 is 5.03. The van der Waals surface area contributed by atoms with E-state index in [-0.39, 0.29) is 5.41 Å². The number of allylic oxidation sites excluding steroid dienone is 1. The summed E-state index contributed by atoms with van der Waals surface area (Å²) in [6, 6.07) is 0. The predicted octanol–water partition coefficient (Wildman–Crippen LogP) is 1.76. The van der Waals surface area contributed by atoms with E-state index in [0.29, 0.717) is 6.61 Å². The highest BCUT2D eigenvalue weighted by atomic mass is 16.5. The van der Waals surface area contributed by atoms with E-state index in [1.165, 1.54) is 0 Å². The minimum atomic E-state index is -0.362. The van der Waals surface area contributed by atoms with Gasteiger partial charge in [-0.15, -0.1) is 0 Å². The average molecular weight is 142 g/mol. The molecule has 2 nitrogen and oxygen atoms in total. The molecular formula is C8H14O2. The summed E-state index contributed by atoms with van der Waals surface area (Å²) in [6.45, 7) is 5.99. The topological polar surface area (TPSA) is 26.3 Å². The van der Waals surface area contributed by atoms with Gasteiger partial charge in [-0.3, -0.25) is 0 Å². The monoisotopic (exact) mass is 142 g/mol. The largest absolute Gasteiger partial charge is 0.501 e. The van der Waals surface area contributed by atoms with Crippen molar-refractivity contribution in [2.24, 2.45) is 5.41 Å². The van der Waals surface area contributed by atoms with Crippen molar-refractivity contribution in [2.75, 3.05) is 6.61 Å². The van der Waals surface area contributed by atoms with Gasteiger partial charge in [-0.05, 0) is 20.8 Å². The third kappa shape index (κ3) is 4.13. The van der Waals surface area contributed by atoms with E-state index in [4.69, 9.17) is 4.74 Å². The molecule has 0 saturated heterocycles. The summed E-state index contributed by atoms with van der Waals surface area (Å²) in [4.78, 5) is 10.3.